The van der Waals surface area contributed by atoms with Crippen molar-refractivity contribution in [2.75, 3.05) is 26.3 Å². The Morgan fingerprint density at radius 2 is 1.55 bits per heavy atom. The van der Waals surface area contributed by atoms with E-state index in [-0.39, 0.29) is 49.5 Å². The summed E-state index contributed by atoms with van der Waals surface area (Å²) in [6, 6.07) is 22.4. The lowest BCUT2D eigenvalue weighted by Crippen LogP contribution is -2.42. The first-order valence-corrected chi connectivity index (χ1v) is 20.0. The second-order valence-corrected chi connectivity index (χ2v) is 14.7. The van der Waals surface area contributed by atoms with Gasteiger partial charge in [0.1, 0.15) is 23.4 Å². The van der Waals surface area contributed by atoms with E-state index in [2.05, 4.69) is 35.5 Å². The van der Waals surface area contributed by atoms with E-state index in [1.807, 2.05) is 18.2 Å². The summed E-state index contributed by atoms with van der Waals surface area (Å²) in [5.41, 5.74) is 13.1. The molecular weight excluding hydrogens is 799 g/mol. The predicted octanol–water partition coefficient (Wildman–Crippen LogP) is 6.45. The molecule has 1 atom stereocenters. The van der Waals surface area contributed by atoms with Gasteiger partial charge in [-0.1, -0.05) is 36.5 Å². The molecule has 62 heavy (non-hydrogen) atoms. The van der Waals surface area contributed by atoms with E-state index in [9.17, 15) is 29.1 Å². The van der Waals surface area contributed by atoms with E-state index in [0.717, 1.165) is 43.2 Å². The van der Waals surface area contributed by atoms with Crippen LogP contribution in [0.4, 0.5) is 5.69 Å². The molecule has 4 aromatic carbocycles. The molecule has 6 N–H and O–H groups in total. The Morgan fingerprint density at radius 3 is 2.27 bits per heavy atom. The second kappa shape index (κ2) is 19.5. The molecule has 3 amide bonds. The number of hydrogen-bond donors (Lipinski definition) is 6. The molecule has 7 rings (SSSR count). The lowest BCUT2D eigenvalue weighted by Gasteiger charge is -2.25. The lowest BCUT2D eigenvalue weighted by molar-refractivity contribution is -0.140. The zero-order valence-corrected chi connectivity index (χ0v) is 33.4. The number of amides is 3. The molecule has 2 aromatic heterocycles. The SMILES string of the molecule is [N-]=[N+]=Nc1ccc(C(=O)NCCNC(=O)COc2ccc(-c3nc4cc(C(=O)N[C@@H](Cc5c[nH]c6ccc(OCC(=O)O)cc56)C(=O)O)ccc4n3C3CCCCC3)cc2)cc1. The van der Waals surface area contributed by atoms with E-state index in [0.29, 0.717) is 50.6 Å². The first kappa shape index (κ1) is 42.3. The Morgan fingerprint density at radius 1 is 0.839 bits per heavy atom. The van der Waals surface area contributed by atoms with E-state index < -0.39 is 30.5 Å². The van der Waals surface area contributed by atoms with Gasteiger partial charge in [0.05, 0.1) is 11.0 Å². The number of imidazole rings is 1. The molecule has 0 aliphatic heterocycles. The zero-order valence-electron chi connectivity index (χ0n) is 33.4. The molecular formula is C44H43N9O9. The molecule has 0 spiro atoms. The Bertz CT molecular complexity index is 2660. The molecule has 1 saturated carbocycles. The zero-order chi connectivity index (χ0) is 43.6. The summed E-state index contributed by atoms with van der Waals surface area (Å²) in [6.45, 7) is -0.390. The van der Waals surface area contributed by atoms with Crippen LogP contribution < -0.4 is 25.4 Å². The lowest BCUT2D eigenvalue weighted by atomic mass is 9.94. The van der Waals surface area contributed by atoms with Crippen LogP contribution in [0, 0.1) is 0 Å². The number of nitrogens with zero attached hydrogens (tertiary/aromatic N) is 5. The highest BCUT2D eigenvalue weighted by Crippen LogP contribution is 2.37. The molecule has 2 heterocycles. The Kier molecular flexibility index (Phi) is 13.3. The smallest absolute Gasteiger partial charge is 0.341 e. The topological polar surface area (TPSA) is 263 Å². The van der Waals surface area contributed by atoms with E-state index in [4.69, 9.17) is 25.1 Å². The number of carbonyl (C=O) groups excluding carboxylic acids is 3. The van der Waals surface area contributed by atoms with Gasteiger partial charge >= 0.3 is 11.9 Å². The van der Waals surface area contributed by atoms with Gasteiger partial charge in [0.2, 0.25) is 0 Å². The fraction of sp³-hybridized carbons (Fsp3) is 0.273. The minimum atomic E-state index is -1.28. The highest BCUT2D eigenvalue weighted by atomic mass is 16.5. The first-order chi connectivity index (χ1) is 30.1. The Labute approximate surface area is 353 Å². The number of azide groups is 1. The van der Waals surface area contributed by atoms with Gasteiger partial charge in [0.15, 0.2) is 13.2 Å². The van der Waals surface area contributed by atoms with Crippen molar-refractivity contribution in [3.05, 3.63) is 118 Å². The van der Waals surface area contributed by atoms with Gasteiger partial charge in [-0.3, -0.25) is 14.4 Å². The fourth-order valence-corrected chi connectivity index (χ4v) is 7.49. The third-order valence-corrected chi connectivity index (χ3v) is 10.5. The largest absolute Gasteiger partial charge is 0.484 e. The number of rotatable bonds is 18. The van der Waals surface area contributed by atoms with Crippen LogP contribution in [0.3, 0.4) is 0 Å². The summed E-state index contributed by atoms with van der Waals surface area (Å²) in [6.07, 6.45) is 6.83. The molecule has 318 valence electrons. The standard InChI is InChI=1S/C44H43N9O9/c45-52-51-30-11-6-27(7-12-30)42(57)47-19-18-46-39(54)24-61-32-13-8-26(9-14-32)41-49-36-20-28(10-17-38(36)53(41)31-4-2-1-3-5-31)43(58)50-37(44(59)60)21-29-23-48-35-16-15-33(22-34(29)35)62-25-40(55)56/h6-17,20,22-23,31,37,48H,1-5,18-19,21,24-25H2,(H,46,54)(H,47,57)(H,50,58)(H,55,56)(H,59,60)/t37-/m0/s1. The molecule has 18 nitrogen and oxygen atoms in total. The minimum absolute atomic E-state index is 0.0458. The molecule has 6 aromatic rings. The molecule has 0 radical (unpaired) electrons. The van der Waals surface area contributed by atoms with Crippen LogP contribution in [0.25, 0.3) is 43.8 Å². The van der Waals surface area contributed by atoms with Gasteiger partial charge in [-0.25, -0.2) is 14.6 Å². The molecule has 18 heteroatoms. The summed E-state index contributed by atoms with van der Waals surface area (Å²) >= 11 is 0. The van der Waals surface area contributed by atoms with Crippen molar-refractivity contribution in [2.24, 2.45) is 5.11 Å². The van der Waals surface area contributed by atoms with Gasteiger partial charge in [0, 0.05) is 69.9 Å². The molecule has 1 aliphatic rings. The van der Waals surface area contributed by atoms with Crippen molar-refractivity contribution < 1.29 is 43.7 Å². The van der Waals surface area contributed by atoms with Crippen molar-refractivity contribution in [1.82, 2.24) is 30.5 Å². The summed E-state index contributed by atoms with van der Waals surface area (Å²) in [7, 11) is 0. The maximum Gasteiger partial charge on any atom is 0.341 e. The predicted molar refractivity (Wildman–Crippen MR) is 227 cm³/mol. The van der Waals surface area contributed by atoms with Crippen LogP contribution in [0.2, 0.25) is 0 Å². The number of carbonyl (C=O) groups is 5. The number of aromatic amines is 1. The van der Waals surface area contributed by atoms with Crippen molar-refractivity contribution in [3.63, 3.8) is 0 Å². The van der Waals surface area contributed by atoms with Crippen LogP contribution >= 0.6 is 0 Å². The summed E-state index contributed by atoms with van der Waals surface area (Å²) in [5, 5.41) is 31.3. The molecule has 0 unspecified atom stereocenters. The number of benzene rings is 4. The van der Waals surface area contributed by atoms with Gasteiger partial charge in [0.25, 0.3) is 17.7 Å². The van der Waals surface area contributed by atoms with E-state index in [1.165, 1.54) is 24.3 Å². The van der Waals surface area contributed by atoms with Gasteiger partial charge < -0.3 is 45.2 Å². The summed E-state index contributed by atoms with van der Waals surface area (Å²) < 4.78 is 13.2. The number of aliphatic carboxylic acids is 2. The van der Waals surface area contributed by atoms with Crippen LogP contribution in [-0.4, -0.2) is 86.8 Å². The van der Waals surface area contributed by atoms with Crippen LogP contribution in [-0.2, 0) is 20.8 Å². The molecule has 0 bridgehead atoms. The highest BCUT2D eigenvalue weighted by Gasteiger charge is 2.26. The van der Waals surface area contributed by atoms with Gasteiger partial charge in [-0.2, -0.15) is 0 Å². The Hall–Kier alpha value is -7.85. The van der Waals surface area contributed by atoms with Crippen LogP contribution in [0.15, 0.2) is 96.2 Å². The van der Waals surface area contributed by atoms with Crippen molar-refractivity contribution in [1.29, 1.82) is 0 Å². The number of carboxylic acid groups (broad SMARTS) is 2. The monoisotopic (exact) mass is 841 g/mol. The number of ether oxygens (including phenoxy) is 2. The van der Waals surface area contributed by atoms with E-state index in [1.54, 1.807) is 48.7 Å². The number of aromatic nitrogens is 3. The molecule has 1 aliphatic carbocycles. The van der Waals surface area contributed by atoms with Crippen molar-refractivity contribution >= 4 is 57.3 Å². The normalized spacial score (nSPS) is 13.2. The van der Waals surface area contributed by atoms with Crippen molar-refractivity contribution in [2.45, 2.75) is 50.6 Å². The third kappa shape index (κ3) is 10.3. The quantitative estimate of drug-likeness (QED) is 0.0238. The minimum Gasteiger partial charge on any atom is -0.484 e. The number of H-pyrrole nitrogens is 1. The average molecular weight is 842 g/mol. The summed E-state index contributed by atoms with van der Waals surface area (Å²) in [5.74, 6) is -2.15. The first-order valence-electron chi connectivity index (χ1n) is 20.0. The van der Waals surface area contributed by atoms with Gasteiger partial charge in [-0.15, -0.1) is 0 Å². The summed E-state index contributed by atoms with van der Waals surface area (Å²) in [4.78, 5) is 72.7. The number of nitrogens with one attached hydrogen (secondary N) is 4. The van der Waals surface area contributed by atoms with Crippen LogP contribution in [0.5, 0.6) is 11.5 Å². The highest BCUT2D eigenvalue weighted by molar-refractivity contribution is 6.00. The number of hydrogen-bond acceptors (Lipinski definition) is 9. The molecule has 1 fully saturated rings. The average Bonchev–Trinajstić information content (AvgIpc) is 3.87. The maximum absolute atomic E-state index is 13.6. The van der Waals surface area contributed by atoms with Crippen LogP contribution in [0.1, 0.15) is 64.4 Å². The fourth-order valence-electron chi connectivity index (χ4n) is 7.49. The maximum atomic E-state index is 13.6. The van der Waals surface area contributed by atoms with Gasteiger partial charge in [-0.05, 0) is 96.7 Å². The second-order valence-electron chi connectivity index (χ2n) is 14.7. The molecule has 0 saturated heterocycles. The number of carboxylic acids is 2. The number of fused-ring (bicyclic) bond motifs is 2. The van der Waals surface area contributed by atoms with E-state index >= 15 is 0 Å². The third-order valence-electron chi connectivity index (χ3n) is 10.5. The Balaban J connectivity index is 0.995. The van der Waals surface area contributed by atoms with Crippen molar-refractivity contribution in [3.8, 4) is 22.9 Å².